The van der Waals surface area contributed by atoms with Gasteiger partial charge in [0.2, 0.25) is 22.7 Å². The molecule has 34 heavy (non-hydrogen) atoms. The number of benzene rings is 2. The summed E-state index contributed by atoms with van der Waals surface area (Å²) in [5, 5.41) is 9.00. The highest BCUT2D eigenvalue weighted by molar-refractivity contribution is 7.93. The van der Waals surface area contributed by atoms with Gasteiger partial charge in [0.05, 0.1) is 15.9 Å². The zero-order chi connectivity index (χ0) is 24.6. The van der Waals surface area contributed by atoms with Crippen molar-refractivity contribution in [3.05, 3.63) is 42.5 Å². The number of rotatable bonds is 7. The number of ether oxygens (including phenoxy) is 3. The number of hydroxylamine groups is 1. The van der Waals surface area contributed by atoms with Crippen molar-refractivity contribution >= 4 is 25.8 Å². The van der Waals surface area contributed by atoms with Crippen LogP contribution in [0.2, 0.25) is 0 Å². The van der Waals surface area contributed by atoms with E-state index in [0.717, 1.165) is 6.26 Å². The first-order valence-electron chi connectivity index (χ1n) is 10.3. The molecular weight excluding hydrogens is 488 g/mol. The van der Waals surface area contributed by atoms with Crippen LogP contribution in [-0.2, 0) is 24.7 Å². The third-order valence-corrected chi connectivity index (χ3v) is 9.88. The zero-order valence-corrected chi connectivity index (χ0v) is 19.9. The fraction of sp³-hybridized carbons (Fsp3) is 0.381. The number of hydrogen-bond donors (Lipinski definition) is 2. The molecule has 2 N–H and O–H groups in total. The lowest BCUT2D eigenvalue weighted by Gasteiger charge is -2.39. The van der Waals surface area contributed by atoms with Gasteiger partial charge in [-0.15, -0.1) is 0 Å². The summed E-state index contributed by atoms with van der Waals surface area (Å²) in [5.41, 5.74) is 1.48. The van der Waals surface area contributed by atoms with Crippen LogP contribution in [0.25, 0.3) is 0 Å². The van der Waals surface area contributed by atoms with Gasteiger partial charge in [0.25, 0.3) is 0 Å². The van der Waals surface area contributed by atoms with Gasteiger partial charge in [0.15, 0.2) is 21.3 Å². The van der Waals surface area contributed by atoms with Gasteiger partial charge < -0.3 is 14.2 Å². The topological polar surface area (TPSA) is 149 Å². The van der Waals surface area contributed by atoms with Crippen molar-refractivity contribution in [1.82, 2.24) is 9.79 Å². The smallest absolute Gasteiger partial charge is 0.244 e. The largest absolute Gasteiger partial charge is 0.457 e. The predicted molar refractivity (Wildman–Crippen MR) is 119 cm³/mol. The highest BCUT2D eigenvalue weighted by Gasteiger charge is 2.49. The van der Waals surface area contributed by atoms with Crippen LogP contribution >= 0.6 is 0 Å². The molecule has 1 amide bonds. The van der Waals surface area contributed by atoms with E-state index < -0.39 is 36.9 Å². The average molecular weight is 513 g/mol. The van der Waals surface area contributed by atoms with E-state index in [2.05, 4.69) is 0 Å². The second-order valence-electron chi connectivity index (χ2n) is 8.15. The average Bonchev–Trinajstić information content (AvgIpc) is 3.27. The maximum atomic E-state index is 13.6. The van der Waals surface area contributed by atoms with Gasteiger partial charge >= 0.3 is 0 Å². The Kier molecular flexibility index (Phi) is 6.46. The second kappa shape index (κ2) is 9.06. The summed E-state index contributed by atoms with van der Waals surface area (Å²) in [6.45, 7) is 0.0213. The molecule has 2 heterocycles. The maximum absolute atomic E-state index is 13.6. The first kappa shape index (κ1) is 24.3. The normalized spacial score (nSPS) is 17.8. The van der Waals surface area contributed by atoms with E-state index in [1.807, 2.05) is 0 Å². The zero-order valence-electron chi connectivity index (χ0n) is 18.3. The lowest BCUT2D eigenvalue weighted by Crippen LogP contribution is -2.52. The molecule has 0 aromatic heterocycles. The minimum absolute atomic E-state index is 0.0379. The summed E-state index contributed by atoms with van der Waals surface area (Å²) in [7, 11) is -7.59. The van der Waals surface area contributed by atoms with Gasteiger partial charge in [-0.3, -0.25) is 10.0 Å². The summed E-state index contributed by atoms with van der Waals surface area (Å²) in [6.07, 6.45) is 0.364. The lowest BCUT2D eigenvalue weighted by atomic mass is 9.93. The summed E-state index contributed by atoms with van der Waals surface area (Å²) < 4.78 is 66.9. The van der Waals surface area contributed by atoms with Crippen LogP contribution in [0.1, 0.15) is 19.3 Å². The molecule has 2 aliphatic rings. The van der Waals surface area contributed by atoms with Crippen molar-refractivity contribution < 1.29 is 41.0 Å². The van der Waals surface area contributed by atoms with E-state index in [4.69, 9.17) is 19.4 Å². The number of piperidine rings is 1. The number of nitrogens with one attached hydrogen (secondary N) is 1. The molecule has 0 spiro atoms. The fourth-order valence-electron chi connectivity index (χ4n) is 4.11. The van der Waals surface area contributed by atoms with Crippen molar-refractivity contribution in [3.63, 3.8) is 0 Å². The Morgan fingerprint density at radius 1 is 1.03 bits per heavy atom. The Morgan fingerprint density at radius 3 is 2.26 bits per heavy atom. The number of hydrogen-bond acceptors (Lipinski definition) is 9. The molecule has 0 atom stereocenters. The van der Waals surface area contributed by atoms with Crippen LogP contribution < -0.4 is 19.7 Å². The molecule has 1 fully saturated rings. The number of nitrogens with zero attached hydrogens (tertiary/aromatic N) is 1. The van der Waals surface area contributed by atoms with Gasteiger partial charge in [0.1, 0.15) is 11.5 Å². The van der Waals surface area contributed by atoms with E-state index in [-0.39, 0.29) is 37.6 Å². The SMILES string of the molecule is CS(=O)(=O)N1CCC(CC(=O)NO)(S(=O)(=O)c2ccc(Oc3ccc4c(c3)OCO4)cc2)CC1. The van der Waals surface area contributed by atoms with Gasteiger partial charge in [-0.25, -0.2) is 26.6 Å². The van der Waals surface area contributed by atoms with Crippen LogP contribution in [0.3, 0.4) is 0 Å². The summed E-state index contributed by atoms with van der Waals surface area (Å²) in [5.74, 6) is 1.14. The molecule has 0 radical (unpaired) electrons. The number of carbonyl (C=O) groups excluding carboxylic acids is 1. The van der Waals surface area contributed by atoms with Crippen LogP contribution in [0.15, 0.2) is 47.4 Å². The summed E-state index contributed by atoms with van der Waals surface area (Å²) >= 11 is 0. The van der Waals surface area contributed by atoms with E-state index in [1.54, 1.807) is 18.2 Å². The van der Waals surface area contributed by atoms with Gasteiger partial charge in [0, 0.05) is 25.6 Å². The summed E-state index contributed by atoms with van der Waals surface area (Å²) in [4.78, 5) is 11.9. The number of carbonyl (C=O) groups is 1. The third kappa shape index (κ3) is 4.69. The first-order chi connectivity index (χ1) is 16.0. The van der Waals surface area contributed by atoms with Crippen molar-refractivity contribution in [3.8, 4) is 23.0 Å². The van der Waals surface area contributed by atoms with E-state index in [1.165, 1.54) is 34.1 Å². The highest BCUT2D eigenvalue weighted by Crippen LogP contribution is 2.40. The van der Waals surface area contributed by atoms with E-state index >= 15 is 0 Å². The Bertz CT molecular complexity index is 1280. The predicted octanol–water partition coefficient (Wildman–Crippen LogP) is 1.67. The molecule has 1 saturated heterocycles. The minimum Gasteiger partial charge on any atom is -0.457 e. The minimum atomic E-state index is -4.08. The third-order valence-electron chi connectivity index (χ3n) is 5.99. The monoisotopic (exact) mass is 512 g/mol. The Hall–Kier alpha value is -2.87. The molecule has 4 rings (SSSR count). The standard InChI is InChI=1S/C21H24N2O9S2/c1-33(26,27)23-10-8-21(9-11-23,13-20(24)22-25)34(28,29)17-5-2-15(3-6-17)32-16-4-7-18-19(12-16)31-14-30-18/h2-7,12,25H,8-11,13-14H2,1H3,(H,22,24). The Balaban J connectivity index is 1.57. The van der Waals surface area contributed by atoms with E-state index in [9.17, 15) is 21.6 Å². The number of fused-ring (bicyclic) bond motifs is 1. The van der Waals surface area contributed by atoms with Crippen molar-refractivity contribution in [2.75, 3.05) is 26.1 Å². The quantitative estimate of drug-likeness (QED) is 0.417. The number of sulfone groups is 1. The van der Waals surface area contributed by atoms with Crippen molar-refractivity contribution in [2.45, 2.75) is 28.9 Å². The van der Waals surface area contributed by atoms with Crippen molar-refractivity contribution in [1.29, 1.82) is 0 Å². The molecule has 184 valence electrons. The van der Waals surface area contributed by atoms with Crippen LogP contribution in [0, 0.1) is 0 Å². The van der Waals surface area contributed by atoms with Crippen LogP contribution in [-0.4, -0.2) is 63.1 Å². The molecule has 2 aromatic rings. The van der Waals surface area contributed by atoms with Crippen molar-refractivity contribution in [2.24, 2.45) is 0 Å². The lowest BCUT2D eigenvalue weighted by molar-refractivity contribution is -0.130. The Labute approximate surface area is 197 Å². The fourth-order valence-corrected chi connectivity index (χ4v) is 6.99. The highest BCUT2D eigenvalue weighted by atomic mass is 32.2. The van der Waals surface area contributed by atoms with Gasteiger partial charge in [-0.05, 0) is 49.2 Å². The first-order valence-corrected chi connectivity index (χ1v) is 13.7. The van der Waals surface area contributed by atoms with Gasteiger partial charge in [-0.2, -0.15) is 0 Å². The van der Waals surface area contributed by atoms with Gasteiger partial charge in [-0.1, -0.05) is 0 Å². The van der Waals surface area contributed by atoms with Crippen LogP contribution in [0.4, 0.5) is 0 Å². The number of amides is 1. The van der Waals surface area contributed by atoms with Crippen LogP contribution in [0.5, 0.6) is 23.0 Å². The molecule has 13 heteroatoms. The molecule has 2 aliphatic heterocycles. The molecule has 11 nitrogen and oxygen atoms in total. The molecule has 0 aliphatic carbocycles. The molecular formula is C21H24N2O9S2. The Morgan fingerprint density at radius 2 is 1.65 bits per heavy atom. The second-order valence-corrected chi connectivity index (χ2v) is 12.5. The molecule has 2 aromatic carbocycles. The maximum Gasteiger partial charge on any atom is 0.244 e. The molecule has 0 unspecified atom stereocenters. The number of sulfonamides is 1. The van der Waals surface area contributed by atoms with E-state index in [0.29, 0.717) is 23.0 Å². The molecule has 0 saturated carbocycles. The summed E-state index contributed by atoms with van der Waals surface area (Å²) in [6, 6.07) is 10.8. The molecule has 0 bridgehead atoms.